The zero-order valence-electron chi connectivity index (χ0n) is 11.3. The molecular weight excluding hydrogens is 246 g/mol. The van der Waals surface area contributed by atoms with Crippen molar-refractivity contribution in [2.45, 2.75) is 75.5 Å². The largest absolute Gasteiger partial charge is 0.370 e. The van der Waals surface area contributed by atoms with Gasteiger partial charge in [-0.3, -0.25) is 0 Å². The Morgan fingerprint density at radius 1 is 1.06 bits per heavy atom. The molecule has 0 aromatic heterocycles. The molecule has 1 N–H and O–H groups in total. The molecule has 3 atom stereocenters. The van der Waals surface area contributed by atoms with Crippen molar-refractivity contribution >= 4 is 11.6 Å². The topological polar surface area (TPSA) is 21.3 Å². The minimum atomic E-state index is 0.286. The average molecular weight is 272 g/mol. The fourth-order valence-electron chi connectivity index (χ4n) is 4.20. The first-order valence-corrected chi connectivity index (χ1v) is 8.32. The fourth-order valence-corrected chi connectivity index (χ4v) is 4.57. The number of hydrogen-bond donors (Lipinski definition) is 1. The molecule has 2 aliphatic carbocycles. The number of alkyl halides is 1. The summed E-state index contributed by atoms with van der Waals surface area (Å²) in [4.78, 5) is 0. The van der Waals surface area contributed by atoms with Gasteiger partial charge in [-0.25, -0.2) is 0 Å². The van der Waals surface area contributed by atoms with E-state index in [9.17, 15) is 0 Å². The van der Waals surface area contributed by atoms with E-state index in [1.54, 1.807) is 0 Å². The highest BCUT2D eigenvalue weighted by atomic mass is 35.5. The quantitative estimate of drug-likeness (QED) is 0.791. The standard InChI is InChI=1S/C15H26ClNO/c16-10-12-4-3-5-14(12)17-11-13-6-9-15(18-13)7-1-2-8-15/h12-14,17H,1-11H2. The molecule has 104 valence electrons. The van der Waals surface area contributed by atoms with Gasteiger partial charge in [0.2, 0.25) is 0 Å². The molecule has 0 aromatic carbocycles. The van der Waals surface area contributed by atoms with E-state index in [0.717, 1.165) is 12.4 Å². The molecule has 0 aromatic rings. The van der Waals surface area contributed by atoms with E-state index < -0.39 is 0 Å². The monoisotopic (exact) mass is 271 g/mol. The number of halogens is 1. The predicted octanol–water partition coefficient (Wildman–Crippen LogP) is 3.48. The highest BCUT2D eigenvalue weighted by molar-refractivity contribution is 6.18. The summed E-state index contributed by atoms with van der Waals surface area (Å²) in [5.74, 6) is 1.50. The maximum atomic E-state index is 6.34. The van der Waals surface area contributed by atoms with Crippen LogP contribution in [0.1, 0.15) is 57.8 Å². The zero-order valence-corrected chi connectivity index (χ0v) is 12.1. The first-order chi connectivity index (χ1) is 8.81. The smallest absolute Gasteiger partial charge is 0.0708 e. The molecule has 3 heteroatoms. The van der Waals surface area contributed by atoms with Crippen molar-refractivity contribution in [2.24, 2.45) is 5.92 Å². The summed E-state index contributed by atoms with van der Waals surface area (Å²) in [7, 11) is 0. The van der Waals surface area contributed by atoms with Gasteiger partial charge in [-0.2, -0.15) is 0 Å². The van der Waals surface area contributed by atoms with E-state index in [-0.39, 0.29) is 5.60 Å². The first kappa shape index (κ1) is 13.2. The summed E-state index contributed by atoms with van der Waals surface area (Å²) in [6.07, 6.45) is 12.3. The van der Waals surface area contributed by atoms with Crippen molar-refractivity contribution in [2.75, 3.05) is 12.4 Å². The van der Waals surface area contributed by atoms with Gasteiger partial charge in [-0.15, -0.1) is 11.6 Å². The van der Waals surface area contributed by atoms with Gasteiger partial charge in [0.1, 0.15) is 0 Å². The average Bonchev–Trinajstić information content (AvgIpc) is 3.10. The molecule has 0 radical (unpaired) electrons. The molecule has 3 fully saturated rings. The Hall–Kier alpha value is 0.210. The SMILES string of the molecule is ClCC1CCCC1NCC1CCC2(CCCC2)O1. The van der Waals surface area contributed by atoms with Crippen LogP contribution in [-0.2, 0) is 4.74 Å². The fraction of sp³-hybridized carbons (Fsp3) is 1.00. The molecule has 3 rings (SSSR count). The molecular formula is C15H26ClNO. The Morgan fingerprint density at radius 3 is 2.67 bits per heavy atom. The molecule has 18 heavy (non-hydrogen) atoms. The van der Waals surface area contributed by atoms with Gasteiger partial charge in [0.25, 0.3) is 0 Å². The van der Waals surface area contributed by atoms with Gasteiger partial charge in [-0.1, -0.05) is 19.3 Å². The second-order valence-corrected chi connectivity index (χ2v) is 6.84. The lowest BCUT2D eigenvalue weighted by Gasteiger charge is -2.25. The molecule has 3 unspecified atom stereocenters. The van der Waals surface area contributed by atoms with Gasteiger partial charge < -0.3 is 10.1 Å². The third-order valence-corrected chi connectivity index (χ3v) is 5.71. The summed E-state index contributed by atoms with van der Waals surface area (Å²) in [5, 5.41) is 3.72. The highest BCUT2D eigenvalue weighted by Crippen LogP contribution is 2.43. The molecule has 0 bridgehead atoms. The van der Waals surface area contributed by atoms with Crippen molar-refractivity contribution in [3.05, 3.63) is 0 Å². The molecule has 0 amide bonds. The van der Waals surface area contributed by atoms with Gasteiger partial charge in [-0.05, 0) is 44.4 Å². The lowest BCUT2D eigenvalue weighted by Crippen LogP contribution is -2.39. The van der Waals surface area contributed by atoms with Crippen LogP contribution in [0.3, 0.4) is 0 Å². The minimum absolute atomic E-state index is 0.286. The zero-order chi connectivity index (χ0) is 12.4. The van der Waals surface area contributed by atoms with E-state index in [1.807, 2.05) is 0 Å². The van der Waals surface area contributed by atoms with E-state index in [1.165, 1.54) is 57.8 Å². The summed E-state index contributed by atoms with van der Waals surface area (Å²) in [5.41, 5.74) is 0.286. The molecule has 1 saturated heterocycles. The molecule has 2 saturated carbocycles. The highest BCUT2D eigenvalue weighted by Gasteiger charge is 2.42. The van der Waals surface area contributed by atoms with Gasteiger partial charge in [0.15, 0.2) is 0 Å². The summed E-state index contributed by atoms with van der Waals surface area (Å²) >= 11 is 6.03. The summed E-state index contributed by atoms with van der Waals surface area (Å²) < 4.78 is 6.34. The Labute approximate surface area is 116 Å². The van der Waals surface area contributed by atoms with E-state index >= 15 is 0 Å². The van der Waals surface area contributed by atoms with Gasteiger partial charge in [0.05, 0.1) is 11.7 Å². The second kappa shape index (κ2) is 5.68. The summed E-state index contributed by atoms with van der Waals surface area (Å²) in [6, 6.07) is 0.645. The van der Waals surface area contributed by atoms with E-state index in [2.05, 4.69) is 5.32 Å². The van der Waals surface area contributed by atoms with Gasteiger partial charge in [0, 0.05) is 18.5 Å². The Kier molecular flexibility index (Phi) is 4.17. The Morgan fingerprint density at radius 2 is 1.89 bits per heavy atom. The number of hydrogen-bond acceptors (Lipinski definition) is 2. The van der Waals surface area contributed by atoms with Crippen LogP contribution in [0.15, 0.2) is 0 Å². The third kappa shape index (κ3) is 2.71. The maximum absolute atomic E-state index is 6.34. The van der Waals surface area contributed by atoms with Crippen LogP contribution in [0, 0.1) is 5.92 Å². The molecule has 2 nitrogen and oxygen atoms in total. The minimum Gasteiger partial charge on any atom is -0.370 e. The third-order valence-electron chi connectivity index (χ3n) is 5.32. The van der Waals surface area contributed by atoms with Crippen LogP contribution < -0.4 is 5.32 Å². The van der Waals surface area contributed by atoms with Crippen LogP contribution >= 0.6 is 11.6 Å². The lowest BCUT2D eigenvalue weighted by molar-refractivity contribution is -0.0361. The van der Waals surface area contributed by atoms with E-state index in [0.29, 0.717) is 18.1 Å². The molecule has 1 heterocycles. The first-order valence-electron chi connectivity index (χ1n) is 7.78. The Bertz CT molecular complexity index is 278. The normalized spacial score (nSPS) is 38.8. The van der Waals surface area contributed by atoms with Crippen molar-refractivity contribution in [3.63, 3.8) is 0 Å². The number of ether oxygens (including phenoxy) is 1. The van der Waals surface area contributed by atoms with Crippen LogP contribution in [0.4, 0.5) is 0 Å². The lowest BCUT2D eigenvalue weighted by atomic mass is 9.98. The second-order valence-electron chi connectivity index (χ2n) is 6.53. The van der Waals surface area contributed by atoms with Crippen molar-refractivity contribution in [1.82, 2.24) is 5.32 Å². The Balaban J connectivity index is 1.44. The number of nitrogens with one attached hydrogen (secondary N) is 1. The van der Waals surface area contributed by atoms with Crippen molar-refractivity contribution < 1.29 is 4.74 Å². The predicted molar refractivity (Wildman–Crippen MR) is 75.2 cm³/mol. The van der Waals surface area contributed by atoms with Gasteiger partial charge >= 0.3 is 0 Å². The van der Waals surface area contributed by atoms with Crippen molar-refractivity contribution in [1.29, 1.82) is 0 Å². The molecule has 1 spiro atoms. The van der Waals surface area contributed by atoms with Crippen LogP contribution in [0.25, 0.3) is 0 Å². The number of rotatable bonds is 4. The van der Waals surface area contributed by atoms with Crippen LogP contribution in [-0.4, -0.2) is 30.2 Å². The molecule has 1 aliphatic heterocycles. The van der Waals surface area contributed by atoms with Crippen LogP contribution in [0.5, 0.6) is 0 Å². The van der Waals surface area contributed by atoms with E-state index in [4.69, 9.17) is 16.3 Å². The van der Waals surface area contributed by atoms with Crippen LogP contribution in [0.2, 0.25) is 0 Å². The molecule has 3 aliphatic rings. The maximum Gasteiger partial charge on any atom is 0.0708 e. The van der Waals surface area contributed by atoms with Crippen molar-refractivity contribution in [3.8, 4) is 0 Å². The summed E-state index contributed by atoms with van der Waals surface area (Å²) in [6.45, 7) is 1.04.